The number of aromatic nitrogens is 2. The van der Waals surface area contributed by atoms with E-state index in [4.69, 9.17) is 21.1 Å². The second-order valence-electron chi connectivity index (χ2n) is 7.35. The number of halogens is 1. The zero-order valence-corrected chi connectivity index (χ0v) is 19.2. The van der Waals surface area contributed by atoms with Crippen LogP contribution in [0.1, 0.15) is 28.5 Å². The number of aryl methyl sites for hydroxylation is 1. The molecule has 0 unspecified atom stereocenters. The molecule has 0 aliphatic rings. The number of rotatable bonds is 8. The van der Waals surface area contributed by atoms with E-state index in [0.29, 0.717) is 46.7 Å². The molecule has 168 valence electrons. The number of benzene rings is 3. The number of ether oxygens (including phenoxy) is 2. The Bertz CT molecular complexity index is 1240. The van der Waals surface area contributed by atoms with Crippen molar-refractivity contribution in [2.75, 3.05) is 11.9 Å². The van der Waals surface area contributed by atoms with Crippen LogP contribution in [0.5, 0.6) is 17.2 Å². The molecule has 0 radical (unpaired) electrons. The highest BCUT2D eigenvalue weighted by Gasteiger charge is 2.21. The van der Waals surface area contributed by atoms with E-state index < -0.39 is 0 Å². The Balaban J connectivity index is 1.52. The lowest BCUT2D eigenvalue weighted by molar-refractivity contribution is 0.102. The van der Waals surface area contributed by atoms with E-state index in [1.165, 1.54) is 0 Å². The Morgan fingerprint density at radius 3 is 2.36 bits per heavy atom. The van der Waals surface area contributed by atoms with Crippen LogP contribution in [-0.4, -0.2) is 22.3 Å². The lowest BCUT2D eigenvalue weighted by atomic mass is 10.2. The van der Waals surface area contributed by atoms with Gasteiger partial charge in [0.1, 0.15) is 16.7 Å². The van der Waals surface area contributed by atoms with Gasteiger partial charge in [0.25, 0.3) is 5.91 Å². The van der Waals surface area contributed by atoms with Crippen molar-refractivity contribution in [1.82, 2.24) is 9.78 Å². The van der Waals surface area contributed by atoms with Crippen LogP contribution in [0.4, 0.5) is 5.69 Å². The van der Waals surface area contributed by atoms with Crippen molar-refractivity contribution in [3.63, 3.8) is 0 Å². The van der Waals surface area contributed by atoms with Crippen LogP contribution in [0, 0.1) is 6.92 Å². The Morgan fingerprint density at radius 1 is 0.970 bits per heavy atom. The molecule has 0 saturated carbocycles. The summed E-state index contributed by atoms with van der Waals surface area (Å²) in [5, 5.41) is 7.66. The zero-order valence-electron chi connectivity index (χ0n) is 18.4. The van der Waals surface area contributed by atoms with E-state index in [1.54, 1.807) is 23.7 Å². The monoisotopic (exact) mass is 461 g/mol. The van der Waals surface area contributed by atoms with E-state index in [-0.39, 0.29) is 5.91 Å². The summed E-state index contributed by atoms with van der Waals surface area (Å²) in [5.74, 6) is 1.56. The Hall–Kier alpha value is -3.77. The van der Waals surface area contributed by atoms with Crippen LogP contribution in [-0.2, 0) is 6.54 Å². The summed E-state index contributed by atoms with van der Waals surface area (Å²) in [6, 6.07) is 24.4. The van der Waals surface area contributed by atoms with Crippen LogP contribution >= 0.6 is 11.6 Å². The van der Waals surface area contributed by atoms with Crippen LogP contribution < -0.4 is 14.8 Å². The fraction of sp³-hybridized carbons (Fsp3) is 0.154. The minimum atomic E-state index is -0.348. The number of nitrogens with one attached hydrogen (secondary N) is 1. The Kier molecular flexibility index (Phi) is 6.95. The molecule has 0 saturated heterocycles. The highest BCUT2D eigenvalue weighted by Crippen LogP contribution is 2.31. The van der Waals surface area contributed by atoms with Gasteiger partial charge in [-0.05, 0) is 55.8 Å². The zero-order chi connectivity index (χ0) is 23.2. The number of amides is 1. The second kappa shape index (κ2) is 10.2. The van der Waals surface area contributed by atoms with Crippen LogP contribution in [0.2, 0.25) is 5.15 Å². The smallest absolute Gasteiger partial charge is 0.260 e. The average Bonchev–Trinajstić information content (AvgIpc) is 3.10. The molecule has 0 aliphatic heterocycles. The summed E-state index contributed by atoms with van der Waals surface area (Å²) in [4.78, 5) is 13.1. The summed E-state index contributed by atoms with van der Waals surface area (Å²) < 4.78 is 13.1. The number of hydrogen-bond acceptors (Lipinski definition) is 4. The van der Waals surface area contributed by atoms with E-state index in [9.17, 15) is 4.79 Å². The van der Waals surface area contributed by atoms with Crippen molar-refractivity contribution in [3.8, 4) is 17.2 Å². The maximum Gasteiger partial charge on any atom is 0.260 e. The van der Waals surface area contributed by atoms with Gasteiger partial charge in [-0.3, -0.25) is 4.79 Å². The maximum atomic E-state index is 13.1. The number of para-hydroxylation sites is 2. The Labute approximate surface area is 197 Å². The first-order chi connectivity index (χ1) is 16.0. The largest absolute Gasteiger partial charge is 0.494 e. The summed E-state index contributed by atoms with van der Waals surface area (Å²) in [6.07, 6.45) is 0. The van der Waals surface area contributed by atoms with Gasteiger partial charge in [-0.25, -0.2) is 4.68 Å². The molecule has 1 amide bonds. The highest BCUT2D eigenvalue weighted by molar-refractivity contribution is 6.33. The summed E-state index contributed by atoms with van der Waals surface area (Å²) in [6.45, 7) is 4.78. The lowest BCUT2D eigenvalue weighted by Crippen LogP contribution is -2.14. The molecule has 7 heteroatoms. The fourth-order valence-corrected chi connectivity index (χ4v) is 3.73. The van der Waals surface area contributed by atoms with Gasteiger partial charge in [0.15, 0.2) is 5.75 Å². The number of carbonyl (C=O) groups is 1. The predicted octanol–water partition coefficient (Wildman–Crippen LogP) is 6.34. The van der Waals surface area contributed by atoms with E-state index in [2.05, 4.69) is 10.4 Å². The van der Waals surface area contributed by atoms with Crippen LogP contribution in [0.15, 0.2) is 78.9 Å². The first kappa shape index (κ1) is 22.4. The number of nitrogens with zero attached hydrogens (tertiary/aromatic N) is 2. The Morgan fingerprint density at radius 2 is 1.64 bits per heavy atom. The summed E-state index contributed by atoms with van der Waals surface area (Å²) in [7, 11) is 0. The quantitative estimate of drug-likeness (QED) is 0.332. The third kappa shape index (κ3) is 5.35. The normalized spacial score (nSPS) is 10.6. The standard InChI is InChI=1S/C26H24ClN3O3/c1-3-32-20-13-15-21(16-14-20)33-23-12-8-7-11-22(23)28-26(31)24-18(2)29-30(25(24)27)17-19-9-5-4-6-10-19/h4-16H,3,17H2,1-2H3,(H,28,31). The van der Waals surface area contributed by atoms with Crippen LogP contribution in [0.25, 0.3) is 0 Å². The van der Waals surface area contributed by atoms with Crippen molar-refractivity contribution in [1.29, 1.82) is 0 Å². The van der Waals surface area contributed by atoms with Gasteiger partial charge in [-0.2, -0.15) is 5.10 Å². The average molecular weight is 462 g/mol. The number of anilines is 1. The molecule has 4 rings (SSSR count). The minimum absolute atomic E-state index is 0.291. The van der Waals surface area contributed by atoms with Gasteiger partial charge in [-0.15, -0.1) is 0 Å². The van der Waals surface area contributed by atoms with E-state index in [0.717, 1.165) is 11.3 Å². The summed E-state index contributed by atoms with van der Waals surface area (Å²) in [5.41, 5.74) is 2.47. The van der Waals surface area contributed by atoms with Crippen molar-refractivity contribution >= 4 is 23.2 Å². The maximum absolute atomic E-state index is 13.1. The van der Waals surface area contributed by atoms with E-state index >= 15 is 0 Å². The first-order valence-corrected chi connectivity index (χ1v) is 11.0. The lowest BCUT2D eigenvalue weighted by Gasteiger charge is -2.13. The molecule has 1 aromatic heterocycles. The van der Waals surface area contributed by atoms with Crippen molar-refractivity contribution in [2.45, 2.75) is 20.4 Å². The second-order valence-corrected chi connectivity index (χ2v) is 7.71. The fourth-order valence-electron chi connectivity index (χ4n) is 3.41. The van der Waals surface area contributed by atoms with Gasteiger partial charge in [-0.1, -0.05) is 54.1 Å². The molecule has 4 aromatic rings. The molecule has 0 atom stereocenters. The SMILES string of the molecule is CCOc1ccc(Oc2ccccc2NC(=O)c2c(C)nn(Cc3ccccc3)c2Cl)cc1. The molecular weight excluding hydrogens is 438 g/mol. The molecule has 6 nitrogen and oxygen atoms in total. The van der Waals surface area contributed by atoms with Gasteiger partial charge in [0.2, 0.25) is 0 Å². The molecular formula is C26H24ClN3O3. The minimum Gasteiger partial charge on any atom is -0.494 e. The van der Waals surface area contributed by atoms with Gasteiger partial charge >= 0.3 is 0 Å². The predicted molar refractivity (Wildman–Crippen MR) is 130 cm³/mol. The molecule has 33 heavy (non-hydrogen) atoms. The van der Waals surface area contributed by atoms with Gasteiger partial charge < -0.3 is 14.8 Å². The third-order valence-electron chi connectivity index (χ3n) is 4.97. The summed E-state index contributed by atoms with van der Waals surface area (Å²) >= 11 is 6.55. The van der Waals surface area contributed by atoms with E-state index in [1.807, 2.05) is 73.7 Å². The first-order valence-electron chi connectivity index (χ1n) is 10.6. The number of hydrogen-bond donors (Lipinski definition) is 1. The van der Waals surface area contributed by atoms with Crippen molar-refractivity contribution in [3.05, 3.63) is 101 Å². The number of carbonyl (C=O) groups excluding carboxylic acids is 1. The van der Waals surface area contributed by atoms with Crippen molar-refractivity contribution in [2.24, 2.45) is 0 Å². The van der Waals surface area contributed by atoms with Gasteiger partial charge in [0, 0.05) is 0 Å². The molecule has 3 aromatic carbocycles. The molecule has 0 fully saturated rings. The van der Waals surface area contributed by atoms with Gasteiger partial charge in [0.05, 0.1) is 30.1 Å². The highest BCUT2D eigenvalue weighted by atomic mass is 35.5. The molecule has 0 aliphatic carbocycles. The molecule has 1 heterocycles. The molecule has 0 spiro atoms. The molecule has 0 bridgehead atoms. The van der Waals surface area contributed by atoms with Crippen molar-refractivity contribution < 1.29 is 14.3 Å². The topological polar surface area (TPSA) is 65.4 Å². The third-order valence-corrected chi connectivity index (χ3v) is 5.35. The molecule has 1 N–H and O–H groups in total. The van der Waals surface area contributed by atoms with Crippen LogP contribution in [0.3, 0.4) is 0 Å².